The highest BCUT2D eigenvalue weighted by atomic mass is 32.2. The number of methoxy groups -OCH3 is 1. The number of carbonyl (C=O) groups is 1. The topological polar surface area (TPSA) is 77.2 Å². The second kappa shape index (κ2) is 7.80. The molecule has 0 aliphatic rings. The lowest BCUT2D eigenvalue weighted by atomic mass is 10.2. The zero-order valence-electron chi connectivity index (χ0n) is 11.9. The van der Waals surface area contributed by atoms with Crippen LogP contribution in [-0.2, 0) is 9.53 Å². The molecule has 0 fully saturated rings. The number of nitrogens with one attached hydrogen (secondary N) is 1. The van der Waals surface area contributed by atoms with Gasteiger partial charge in [-0.2, -0.15) is 0 Å². The van der Waals surface area contributed by atoms with Crippen molar-refractivity contribution in [1.82, 2.24) is 15.5 Å². The first-order chi connectivity index (χ1) is 10.2. The summed E-state index contributed by atoms with van der Waals surface area (Å²) < 4.78 is 10.5. The average molecular weight is 307 g/mol. The molecule has 1 atom stereocenters. The van der Waals surface area contributed by atoms with E-state index >= 15 is 0 Å². The Bertz CT molecular complexity index is 574. The van der Waals surface area contributed by atoms with E-state index in [4.69, 9.17) is 9.15 Å². The molecule has 0 aliphatic heterocycles. The van der Waals surface area contributed by atoms with Gasteiger partial charge in [-0.3, -0.25) is 4.79 Å². The molecule has 112 valence electrons. The number of aromatic nitrogens is 2. The van der Waals surface area contributed by atoms with Crippen molar-refractivity contribution in [3.8, 4) is 11.5 Å². The second-order valence-corrected chi connectivity index (χ2v) is 5.38. The number of amides is 1. The van der Waals surface area contributed by atoms with Crippen molar-refractivity contribution in [1.29, 1.82) is 0 Å². The minimum atomic E-state index is -0.0935. The molecule has 1 N–H and O–H groups in total. The first-order valence-corrected chi connectivity index (χ1v) is 7.47. The third-order valence-corrected chi connectivity index (χ3v) is 3.40. The lowest BCUT2D eigenvalue weighted by Gasteiger charge is -2.11. The lowest BCUT2D eigenvalue weighted by molar-refractivity contribution is -0.119. The van der Waals surface area contributed by atoms with E-state index in [0.29, 0.717) is 17.7 Å². The zero-order valence-corrected chi connectivity index (χ0v) is 12.7. The average Bonchev–Trinajstić information content (AvgIpc) is 2.95. The van der Waals surface area contributed by atoms with Crippen molar-refractivity contribution in [3.63, 3.8) is 0 Å². The van der Waals surface area contributed by atoms with Crippen LogP contribution in [0.15, 0.2) is 40.0 Å². The SMILES string of the molecule is COC[C@H](C)NC(=O)CSc1nnc(-c2ccccc2)o1. The monoisotopic (exact) mass is 307 g/mol. The molecule has 1 amide bonds. The summed E-state index contributed by atoms with van der Waals surface area (Å²) in [6.45, 7) is 2.36. The minimum absolute atomic E-state index is 0.0225. The maximum atomic E-state index is 11.7. The summed E-state index contributed by atoms with van der Waals surface area (Å²) in [6.07, 6.45) is 0. The molecular formula is C14H17N3O3S. The number of ether oxygens (including phenoxy) is 1. The molecule has 1 aromatic carbocycles. The van der Waals surface area contributed by atoms with Gasteiger partial charge in [0.25, 0.3) is 5.22 Å². The Morgan fingerprint density at radius 3 is 2.86 bits per heavy atom. The molecule has 6 nitrogen and oxygen atoms in total. The number of rotatable bonds is 7. The molecule has 1 heterocycles. The van der Waals surface area contributed by atoms with Crippen LogP contribution in [0.2, 0.25) is 0 Å². The smallest absolute Gasteiger partial charge is 0.277 e. The Kier molecular flexibility index (Phi) is 5.77. The molecule has 0 radical (unpaired) electrons. The Balaban J connectivity index is 1.84. The van der Waals surface area contributed by atoms with E-state index in [9.17, 15) is 4.79 Å². The number of hydrogen-bond donors (Lipinski definition) is 1. The summed E-state index contributed by atoms with van der Waals surface area (Å²) in [5, 5.41) is 11.1. The molecule has 0 aliphatic carbocycles. The molecule has 7 heteroatoms. The van der Waals surface area contributed by atoms with E-state index < -0.39 is 0 Å². The minimum Gasteiger partial charge on any atom is -0.411 e. The molecule has 2 aromatic rings. The Hall–Kier alpha value is -1.86. The van der Waals surface area contributed by atoms with Crippen LogP contribution in [0.5, 0.6) is 0 Å². The zero-order chi connectivity index (χ0) is 15.1. The van der Waals surface area contributed by atoms with Gasteiger partial charge in [0.1, 0.15) is 0 Å². The number of thioether (sulfide) groups is 1. The summed E-state index contributed by atoms with van der Waals surface area (Å²) >= 11 is 1.21. The third-order valence-electron chi connectivity index (χ3n) is 2.58. The van der Waals surface area contributed by atoms with Crippen LogP contribution in [-0.4, -0.2) is 41.6 Å². The van der Waals surface area contributed by atoms with Crippen molar-refractivity contribution >= 4 is 17.7 Å². The van der Waals surface area contributed by atoms with Gasteiger partial charge in [0.2, 0.25) is 11.8 Å². The molecule has 1 aromatic heterocycles. The van der Waals surface area contributed by atoms with E-state index in [-0.39, 0.29) is 17.7 Å². The first kappa shape index (κ1) is 15.5. The molecule has 0 saturated carbocycles. The quantitative estimate of drug-likeness (QED) is 0.788. The normalized spacial score (nSPS) is 12.1. The van der Waals surface area contributed by atoms with Crippen LogP contribution in [0.1, 0.15) is 6.92 Å². The van der Waals surface area contributed by atoms with E-state index in [1.165, 1.54) is 11.8 Å². The highest BCUT2D eigenvalue weighted by molar-refractivity contribution is 7.99. The van der Waals surface area contributed by atoms with Crippen LogP contribution in [0.25, 0.3) is 11.5 Å². The van der Waals surface area contributed by atoms with E-state index in [2.05, 4.69) is 15.5 Å². The summed E-state index contributed by atoms with van der Waals surface area (Å²) in [5.41, 5.74) is 0.856. The first-order valence-electron chi connectivity index (χ1n) is 6.49. The number of nitrogens with zero attached hydrogens (tertiary/aromatic N) is 2. The molecule has 2 rings (SSSR count). The van der Waals surface area contributed by atoms with Crippen LogP contribution < -0.4 is 5.32 Å². The summed E-state index contributed by atoms with van der Waals surface area (Å²) in [5.74, 6) is 0.583. The fourth-order valence-electron chi connectivity index (χ4n) is 1.70. The van der Waals surface area contributed by atoms with Gasteiger partial charge in [0.15, 0.2) is 0 Å². The second-order valence-electron chi connectivity index (χ2n) is 4.45. The summed E-state index contributed by atoms with van der Waals surface area (Å²) in [6, 6.07) is 9.47. The summed E-state index contributed by atoms with van der Waals surface area (Å²) in [7, 11) is 1.60. The van der Waals surface area contributed by atoms with Gasteiger partial charge in [0, 0.05) is 18.7 Å². The standard InChI is InChI=1S/C14H17N3O3S/c1-10(8-19-2)15-12(18)9-21-14-17-16-13(20-14)11-6-4-3-5-7-11/h3-7,10H,8-9H2,1-2H3,(H,15,18)/t10-/m0/s1. The fourth-order valence-corrected chi connectivity index (χ4v) is 2.28. The largest absolute Gasteiger partial charge is 0.411 e. The number of carbonyl (C=O) groups excluding carboxylic acids is 1. The Morgan fingerprint density at radius 2 is 2.14 bits per heavy atom. The maximum absolute atomic E-state index is 11.7. The molecule has 0 bridgehead atoms. The van der Waals surface area contributed by atoms with Crippen molar-refractivity contribution < 1.29 is 13.9 Å². The van der Waals surface area contributed by atoms with Crippen molar-refractivity contribution in [2.75, 3.05) is 19.5 Å². The van der Waals surface area contributed by atoms with Crippen molar-refractivity contribution in [2.24, 2.45) is 0 Å². The molecule has 0 unspecified atom stereocenters. The van der Waals surface area contributed by atoms with E-state index in [1.54, 1.807) is 7.11 Å². The lowest BCUT2D eigenvalue weighted by Crippen LogP contribution is -2.36. The molecular weight excluding hydrogens is 290 g/mol. The molecule has 0 spiro atoms. The predicted octanol–water partition coefficient (Wildman–Crippen LogP) is 1.98. The van der Waals surface area contributed by atoms with Crippen molar-refractivity contribution in [2.45, 2.75) is 18.2 Å². The Morgan fingerprint density at radius 1 is 1.38 bits per heavy atom. The van der Waals surface area contributed by atoms with Crippen LogP contribution >= 0.6 is 11.8 Å². The fraction of sp³-hybridized carbons (Fsp3) is 0.357. The van der Waals surface area contributed by atoms with Crippen LogP contribution in [0.3, 0.4) is 0 Å². The Labute approximate surface area is 127 Å². The van der Waals surface area contributed by atoms with Gasteiger partial charge in [-0.15, -0.1) is 10.2 Å². The molecule has 21 heavy (non-hydrogen) atoms. The third kappa shape index (κ3) is 4.87. The number of benzene rings is 1. The van der Waals surface area contributed by atoms with Gasteiger partial charge < -0.3 is 14.5 Å². The van der Waals surface area contributed by atoms with Gasteiger partial charge in [0.05, 0.1) is 12.4 Å². The predicted molar refractivity (Wildman–Crippen MR) is 79.9 cm³/mol. The highest BCUT2D eigenvalue weighted by Gasteiger charge is 2.12. The van der Waals surface area contributed by atoms with Crippen LogP contribution in [0.4, 0.5) is 0 Å². The highest BCUT2D eigenvalue weighted by Crippen LogP contribution is 2.22. The van der Waals surface area contributed by atoms with Gasteiger partial charge in [-0.05, 0) is 19.1 Å². The van der Waals surface area contributed by atoms with E-state index in [0.717, 1.165) is 5.56 Å². The van der Waals surface area contributed by atoms with Gasteiger partial charge >= 0.3 is 0 Å². The van der Waals surface area contributed by atoms with Crippen LogP contribution in [0, 0.1) is 0 Å². The summed E-state index contributed by atoms with van der Waals surface area (Å²) in [4.78, 5) is 11.7. The maximum Gasteiger partial charge on any atom is 0.277 e. The van der Waals surface area contributed by atoms with Gasteiger partial charge in [-0.25, -0.2) is 0 Å². The van der Waals surface area contributed by atoms with Crippen molar-refractivity contribution in [3.05, 3.63) is 30.3 Å². The van der Waals surface area contributed by atoms with E-state index in [1.807, 2.05) is 37.3 Å². The molecule has 0 saturated heterocycles. The number of hydrogen-bond acceptors (Lipinski definition) is 6. The van der Waals surface area contributed by atoms with Gasteiger partial charge in [-0.1, -0.05) is 30.0 Å².